The van der Waals surface area contributed by atoms with Crippen molar-refractivity contribution in [2.75, 3.05) is 70.1 Å². The second-order valence-electron chi connectivity index (χ2n) is 13.0. The van der Waals surface area contributed by atoms with Crippen molar-refractivity contribution in [1.82, 2.24) is 25.1 Å². The van der Waals surface area contributed by atoms with Crippen LogP contribution in [0, 0.1) is 11.6 Å². The monoisotopic (exact) mass is 857 g/mol. The maximum atomic E-state index is 15.5. The van der Waals surface area contributed by atoms with Gasteiger partial charge in [-0.05, 0) is 71.3 Å². The van der Waals surface area contributed by atoms with E-state index in [4.69, 9.17) is 23.7 Å². The maximum Gasteiger partial charge on any atom is 0.411 e. The molecular weight excluding hydrogens is 817 g/mol. The Bertz CT molecular complexity index is 2540. The molecule has 0 bridgehead atoms. The Morgan fingerprint density at radius 2 is 1.59 bits per heavy atom. The molecule has 0 aliphatic heterocycles. The Morgan fingerprint density at radius 3 is 2.31 bits per heavy atom. The third-order valence-corrected chi connectivity index (χ3v) is 10.9. The van der Waals surface area contributed by atoms with Crippen LogP contribution in [0.1, 0.15) is 5.56 Å². The summed E-state index contributed by atoms with van der Waals surface area (Å²) in [5, 5.41) is 11.1. The van der Waals surface area contributed by atoms with E-state index in [-0.39, 0.29) is 44.5 Å². The first-order valence-electron chi connectivity index (χ1n) is 18.7. The Morgan fingerprint density at radius 1 is 0.803 bits per heavy atom. The molecule has 0 spiro atoms. The molecule has 0 atom stereocenters. The van der Waals surface area contributed by atoms with Gasteiger partial charge in [0.1, 0.15) is 35.5 Å². The van der Waals surface area contributed by atoms with Crippen molar-refractivity contribution < 1.29 is 50.5 Å². The van der Waals surface area contributed by atoms with E-state index in [1.54, 1.807) is 68.2 Å². The van der Waals surface area contributed by atoms with E-state index < -0.39 is 39.3 Å². The molecule has 1 N–H and O–H groups in total. The summed E-state index contributed by atoms with van der Waals surface area (Å²) in [6.45, 7) is -0.233. The van der Waals surface area contributed by atoms with Gasteiger partial charge in [0.2, 0.25) is 12.3 Å². The van der Waals surface area contributed by atoms with Gasteiger partial charge >= 0.3 is 6.09 Å². The van der Waals surface area contributed by atoms with Gasteiger partial charge in [0, 0.05) is 54.3 Å². The van der Waals surface area contributed by atoms with Crippen molar-refractivity contribution in [1.29, 1.82) is 0 Å². The minimum Gasteiger partial charge on any atom is -0.479 e. The number of carbonyl (C=O) groups is 2. The maximum absolute atomic E-state index is 15.5. The van der Waals surface area contributed by atoms with E-state index in [2.05, 4.69) is 25.5 Å². The van der Waals surface area contributed by atoms with Crippen LogP contribution in [0.5, 0.6) is 5.88 Å². The van der Waals surface area contributed by atoms with E-state index in [0.29, 0.717) is 53.6 Å². The number of amides is 2. The number of benzene rings is 3. The third kappa shape index (κ3) is 11.1. The number of nitrogens with one attached hydrogen (secondary N) is 1. The number of pyridine rings is 2. The zero-order valence-corrected chi connectivity index (χ0v) is 33.9. The van der Waals surface area contributed by atoms with Crippen molar-refractivity contribution >= 4 is 44.8 Å². The van der Waals surface area contributed by atoms with Gasteiger partial charge in [0.05, 0.1) is 58.1 Å². The topological polar surface area (TPSA) is 184 Å². The summed E-state index contributed by atoms with van der Waals surface area (Å²) >= 11 is 0. The highest BCUT2D eigenvalue weighted by molar-refractivity contribution is 7.92. The molecule has 6 aromatic rings. The molecule has 0 saturated carbocycles. The number of aromatic nitrogens is 4. The lowest BCUT2D eigenvalue weighted by molar-refractivity contribution is -0.105. The first-order chi connectivity index (χ1) is 29.6. The molecule has 0 aliphatic rings. The molecule has 0 radical (unpaired) electrons. The number of hydrogen-bond acceptors (Lipinski definition) is 13. The molecule has 6 rings (SSSR count). The molecule has 3 aromatic heterocycles. The van der Waals surface area contributed by atoms with Gasteiger partial charge in [-0.25, -0.2) is 31.3 Å². The lowest BCUT2D eigenvalue weighted by atomic mass is 9.99. The highest BCUT2D eigenvalue weighted by atomic mass is 32.2. The molecule has 0 saturated heterocycles. The summed E-state index contributed by atoms with van der Waals surface area (Å²) < 4.78 is 87.1. The minimum absolute atomic E-state index is 0.0938. The van der Waals surface area contributed by atoms with Gasteiger partial charge < -0.3 is 29.0 Å². The van der Waals surface area contributed by atoms with Gasteiger partial charge in [-0.1, -0.05) is 18.2 Å². The lowest BCUT2D eigenvalue weighted by Crippen LogP contribution is -2.46. The second-order valence-corrected chi connectivity index (χ2v) is 14.9. The molecular formula is C42H41F2N7O9S. The number of hydrogen-bond donors (Lipinski definition) is 1. The zero-order chi connectivity index (χ0) is 43.2. The van der Waals surface area contributed by atoms with Gasteiger partial charge in [0.25, 0.3) is 10.0 Å². The molecule has 0 unspecified atom stereocenters. The summed E-state index contributed by atoms with van der Waals surface area (Å²) in [4.78, 5) is 33.9. The number of rotatable bonds is 21. The summed E-state index contributed by atoms with van der Waals surface area (Å²) in [6, 6.07) is 19.1. The molecule has 318 valence electrons. The average molecular weight is 858 g/mol. The molecule has 3 aromatic carbocycles. The van der Waals surface area contributed by atoms with Crippen LogP contribution in [0.4, 0.5) is 25.0 Å². The van der Waals surface area contributed by atoms with Crippen LogP contribution < -0.4 is 14.4 Å². The number of sulfonamides is 1. The van der Waals surface area contributed by atoms with Crippen LogP contribution in [0.3, 0.4) is 0 Å². The van der Waals surface area contributed by atoms with E-state index in [1.165, 1.54) is 19.4 Å². The Labute approximate surface area is 350 Å². The predicted molar refractivity (Wildman–Crippen MR) is 220 cm³/mol. The molecule has 2 amide bonds. The number of halogens is 2. The standard InChI is InChI=1S/C42H41F2N7O9S/c1-56-17-18-59-20-19-58-16-15-50(42(53)60-26-29-3-7-34(8-4-29)47-27-52)28-51(61(54,55)40-10-6-33(43)23-37(40)44)39-22-32(24-46-41(39)57-2)30-5-9-38-36(21-30)35(12-13-45-38)31-11-14-48-49-25-31/h3-14,21-25,27H,15-20,26,28H2,1-2H3,(H,47,52). The van der Waals surface area contributed by atoms with E-state index in [9.17, 15) is 22.4 Å². The predicted octanol–water partition coefficient (Wildman–Crippen LogP) is 6.08. The molecule has 0 aliphatic carbocycles. The van der Waals surface area contributed by atoms with E-state index in [0.717, 1.165) is 37.9 Å². The number of carbonyl (C=O) groups excluding carboxylic acids is 2. The van der Waals surface area contributed by atoms with Crippen molar-refractivity contribution in [3.63, 3.8) is 0 Å². The Kier molecular flexibility index (Phi) is 15.1. The number of ether oxygens (including phenoxy) is 5. The largest absolute Gasteiger partial charge is 0.479 e. The second kappa shape index (κ2) is 21.0. The quantitative estimate of drug-likeness (QED) is 0.0500. The fraction of sp³-hybridized carbons (Fsp3) is 0.238. The summed E-state index contributed by atoms with van der Waals surface area (Å²) in [5.41, 5.74) is 4.16. The minimum atomic E-state index is -4.97. The van der Waals surface area contributed by atoms with Crippen LogP contribution >= 0.6 is 0 Å². The van der Waals surface area contributed by atoms with Crippen LogP contribution in [-0.2, 0) is 40.4 Å². The Balaban J connectivity index is 1.39. The van der Waals surface area contributed by atoms with Crippen LogP contribution in [0.25, 0.3) is 33.2 Å². The lowest BCUT2D eigenvalue weighted by Gasteiger charge is -2.31. The van der Waals surface area contributed by atoms with Gasteiger partial charge in [-0.15, -0.1) is 0 Å². The van der Waals surface area contributed by atoms with Gasteiger partial charge in [-0.2, -0.15) is 10.2 Å². The molecule has 3 heterocycles. The smallest absolute Gasteiger partial charge is 0.411 e. The highest BCUT2D eigenvalue weighted by Crippen LogP contribution is 2.37. The van der Waals surface area contributed by atoms with Crippen molar-refractivity contribution in [2.45, 2.75) is 11.5 Å². The SMILES string of the molecule is COCCOCCOCCN(CN(c1cc(-c2ccc3nccc(-c4ccnnc4)c3c2)cnc1OC)S(=O)(=O)c1ccc(F)cc1F)C(=O)OCc1ccc(NC=O)cc1. The fourth-order valence-corrected chi connectivity index (χ4v) is 7.53. The number of fused-ring (bicyclic) bond motifs is 1. The van der Waals surface area contributed by atoms with Crippen LogP contribution in [0.2, 0.25) is 0 Å². The number of nitrogens with zero attached hydrogens (tertiary/aromatic N) is 6. The number of anilines is 2. The van der Waals surface area contributed by atoms with E-state index in [1.807, 2.05) is 12.1 Å². The molecule has 0 fully saturated rings. The average Bonchev–Trinajstić information content (AvgIpc) is 3.27. The van der Waals surface area contributed by atoms with Crippen molar-refractivity contribution in [3.05, 3.63) is 121 Å². The van der Waals surface area contributed by atoms with Crippen LogP contribution in [-0.4, -0.2) is 106 Å². The van der Waals surface area contributed by atoms with Crippen LogP contribution in [0.15, 0.2) is 109 Å². The fourth-order valence-electron chi connectivity index (χ4n) is 6.06. The summed E-state index contributed by atoms with van der Waals surface area (Å²) in [6.07, 6.45) is 5.90. The first-order valence-corrected chi connectivity index (χ1v) is 20.1. The van der Waals surface area contributed by atoms with E-state index >= 15 is 4.39 Å². The molecule has 19 heteroatoms. The van der Waals surface area contributed by atoms with Gasteiger partial charge in [-0.3, -0.25) is 14.7 Å². The van der Waals surface area contributed by atoms with Gasteiger partial charge in [0.15, 0.2) is 0 Å². The summed E-state index contributed by atoms with van der Waals surface area (Å²) in [7, 11) is -2.16. The van der Waals surface area contributed by atoms with Crippen molar-refractivity contribution in [2.24, 2.45) is 0 Å². The normalized spacial score (nSPS) is 11.3. The summed E-state index contributed by atoms with van der Waals surface area (Å²) in [5.74, 6) is -2.56. The highest BCUT2D eigenvalue weighted by Gasteiger charge is 2.34. The molecule has 61 heavy (non-hydrogen) atoms. The van der Waals surface area contributed by atoms with Crippen molar-refractivity contribution in [3.8, 4) is 28.1 Å². The third-order valence-electron chi connectivity index (χ3n) is 9.13. The molecule has 16 nitrogen and oxygen atoms in total. The zero-order valence-electron chi connectivity index (χ0n) is 33.1. The Hall–Kier alpha value is -6.67. The first kappa shape index (κ1) is 43.9. The number of methoxy groups -OCH3 is 2.